The summed E-state index contributed by atoms with van der Waals surface area (Å²) in [6.07, 6.45) is -0.697. The number of aliphatic hydroxyl groups excluding tert-OH is 1. The largest absolute Gasteiger partial charge is 0.497 e. The number of aliphatic hydroxyl groups is 1. The second-order valence-corrected chi connectivity index (χ2v) is 6.33. The first-order valence-electron chi connectivity index (χ1n) is 7.63. The van der Waals surface area contributed by atoms with E-state index in [0.717, 1.165) is 5.75 Å². The average Bonchev–Trinajstić information content (AvgIpc) is 3.02. The van der Waals surface area contributed by atoms with Crippen molar-refractivity contribution in [3.8, 4) is 11.5 Å². The lowest BCUT2D eigenvalue weighted by Gasteiger charge is -2.17. The van der Waals surface area contributed by atoms with Gasteiger partial charge in [0.15, 0.2) is 0 Å². The maximum Gasteiger partial charge on any atom is 0.281 e. The van der Waals surface area contributed by atoms with Crippen LogP contribution in [0, 0.1) is 0 Å². The first kappa shape index (κ1) is 18.4. The third-order valence-corrected chi connectivity index (χ3v) is 4.63. The van der Waals surface area contributed by atoms with E-state index in [1.165, 1.54) is 26.0 Å². The van der Waals surface area contributed by atoms with Crippen LogP contribution in [-0.2, 0) is 4.79 Å². The number of ether oxygens (including phenoxy) is 2. The van der Waals surface area contributed by atoms with Gasteiger partial charge in [-0.1, -0.05) is 11.8 Å². The molecule has 1 aromatic carbocycles. The molecular weight excluding hydrogens is 332 g/mol. The molecule has 1 unspecified atom stereocenters. The maximum absolute atomic E-state index is 11.9. The fourth-order valence-electron chi connectivity index (χ4n) is 2.37. The second kappa shape index (κ2) is 8.79. The quantitative estimate of drug-likeness (QED) is 0.734. The van der Waals surface area contributed by atoms with Crippen LogP contribution in [0.3, 0.4) is 0 Å². The molecule has 1 saturated heterocycles. The molecule has 2 N–H and O–H groups in total. The average molecular weight is 354 g/mol. The SMILES string of the molecule is COc1ccc(OC)c(C(O)CNC(=O)CCN2CCSC2=O)c1. The molecule has 1 aromatic rings. The van der Waals surface area contributed by atoms with E-state index >= 15 is 0 Å². The van der Waals surface area contributed by atoms with Crippen molar-refractivity contribution in [2.24, 2.45) is 0 Å². The van der Waals surface area contributed by atoms with Crippen molar-refractivity contribution in [1.82, 2.24) is 10.2 Å². The van der Waals surface area contributed by atoms with E-state index in [4.69, 9.17) is 9.47 Å². The lowest BCUT2D eigenvalue weighted by Crippen LogP contribution is -2.33. The monoisotopic (exact) mass is 354 g/mol. The molecule has 1 fully saturated rings. The molecule has 0 saturated carbocycles. The minimum absolute atomic E-state index is 0.0175. The summed E-state index contributed by atoms with van der Waals surface area (Å²) in [4.78, 5) is 25.0. The van der Waals surface area contributed by atoms with Gasteiger partial charge in [0.2, 0.25) is 5.91 Å². The van der Waals surface area contributed by atoms with Crippen molar-refractivity contribution in [2.75, 3.05) is 39.6 Å². The zero-order valence-corrected chi connectivity index (χ0v) is 14.6. The molecule has 24 heavy (non-hydrogen) atoms. The molecule has 0 bridgehead atoms. The molecule has 0 aromatic heterocycles. The molecule has 1 heterocycles. The summed E-state index contributed by atoms with van der Waals surface area (Å²) < 4.78 is 10.4. The highest BCUT2D eigenvalue weighted by Gasteiger charge is 2.21. The Morgan fingerprint density at radius 3 is 2.83 bits per heavy atom. The molecule has 0 aliphatic carbocycles. The summed E-state index contributed by atoms with van der Waals surface area (Å²) >= 11 is 1.27. The molecule has 8 heteroatoms. The van der Waals surface area contributed by atoms with Crippen molar-refractivity contribution >= 4 is 22.9 Å². The fourth-order valence-corrected chi connectivity index (χ4v) is 3.23. The second-order valence-electron chi connectivity index (χ2n) is 5.28. The Morgan fingerprint density at radius 1 is 1.42 bits per heavy atom. The van der Waals surface area contributed by atoms with Crippen molar-refractivity contribution < 1.29 is 24.2 Å². The van der Waals surface area contributed by atoms with E-state index in [0.29, 0.717) is 30.2 Å². The van der Waals surface area contributed by atoms with Gasteiger partial charge in [-0.25, -0.2) is 0 Å². The highest BCUT2D eigenvalue weighted by Crippen LogP contribution is 2.29. The van der Waals surface area contributed by atoms with E-state index in [9.17, 15) is 14.7 Å². The molecule has 132 valence electrons. The molecule has 1 aliphatic rings. The summed E-state index contributed by atoms with van der Waals surface area (Å²) in [6, 6.07) is 5.12. The van der Waals surface area contributed by atoms with Gasteiger partial charge in [-0.2, -0.15) is 0 Å². The standard InChI is InChI=1S/C16H22N2O5S/c1-22-11-3-4-14(23-2)12(9-11)13(19)10-17-15(20)5-6-18-7-8-24-16(18)21/h3-4,9,13,19H,5-8,10H2,1-2H3,(H,17,20). The number of methoxy groups -OCH3 is 2. The van der Waals surface area contributed by atoms with Crippen LogP contribution >= 0.6 is 11.8 Å². The van der Waals surface area contributed by atoms with E-state index < -0.39 is 6.10 Å². The van der Waals surface area contributed by atoms with Crippen LogP contribution in [0.15, 0.2) is 18.2 Å². The molecule has 2 amide bonds. The predicted molar refractivity (Wildman–Crippen MR) is 91.6 cm³/mol. The zero-order valence-electron chi connectivity index (χ0n) is 13.8. The number of hydrogen-bond acceptors (Lipinski definition) is 6. The van der Waals surface area contributed by atoms with Crippen LogP contribution in [0.25, 0.3) is 0 Å². The Balaban J connectivity index is 1.84. The van der Waals surface area contributed by atoms with Crippen LogP contribution < -0.4 is 14.8 Å². The lowest BCUT2D eigenvalue weighted by atomic mass is 10.1. The van der Waals surface area contributed by atoms with Gasteiger partial charge in [0.25, 0.3) is 5.24 Å². The number of nitrogens with one attached hydrogen (secondary N) is 1. The first-order chi connectivity index (χ1) is 11.5. The van der Waals surface area contributed by atoms with Crippen molar-refractivity contribution in [3.05, 3.63) is 23.8 Å². The van der Waals surface area contributed by atoms with Gasteiger partial charge in [0, 0.05) is 37.4 Å². The smallest absolute Gasteiger partial charge is 0.281 e. The number of hydrogen-bond donors (Lipinski definition) is 2. The maximum atomic E-state index is 11.9. The third kappa shape index (κ3) is 4.78. The summed E-state index contributed by atoms with van der Waals surface area (Å²) in [5, 5.41) is 13.0. The number of amides is 2. The minimum Gasteiger partial charge on any atom is -0.497 e. The zero-order chi connectivity index (χ0) is 17.5. The summed E-state index contributed by atoms with van der Waals surface area (Å²) in [7, 11) is 3.05. The number of nitrogens with zero attached hydrogens (tertiary/aromatic N) is 1. The minimum atomic E-state index is -0.914. The molecule has 1 aliphatic heterocycles. The summed E-state index contributed by atoms with van der Waals surface area (Å²) in [5.41, 5.74) is 0.545. The Hall–Kier alpha value is -1.93. The predicted octanol–water partition coefficient (Wildman–Crippen LogP) is 1.41. The van der Waals surface area contributed by atoms with E-state index in [-0.39, 0.29) is 24.1 Å². The van der Waals surface area contributed by atoms with Gasteiger partial charge in [0.05, 0.1) is 20.3 Å². The first-order valence-corrected chi connectivity index (χ1v) is 8.62. The van der Waals surface area contributed by atoms with Gasteiger partial charge < -0.3 is 24.8 Å². The van der Waals surface area contributed by atoms with Crippen LogP contribution in [-0.4, -0.2) is 60.8 Å². The third-order valence-electron chi connectivity index (χ3n) is 3.74. The normalized spacial score (nSPS) is 15.3. The number of rotatable bonds is 8. The van der Waals surface area contributed by atoms with Crippen LogP contribution in [0.4, 0.5) is 4.79 Å². The van der Waals surface area contributed by atoms with Crippen LogP contribution in [0.5, 0.6) is 11.5 Å². The van der Waals surface area contributed by atoms with Gasteiger partial charge in [-0.15, -0.1) is 0 Å². The molecular formula is C16H22N2O5S. The summed E-state index contributed by atoms with van der Waals surface area (Å²) in [5.74, 6) is 1.69. The fraction of sp³-hybridized carbons (Fsp3) is 0.500. The van der Waals surface area contributed by atoms with Crippen molar-refractivity contribution in [2.45, 2.75) is 12.5 Å². The van der Waals surface area contributed by atoms with Gasteiger partial charge >= 0.3 is 0 Å². The van der Waals surface area contributed by atoms with Crippen molar-refractivity contribution in [3.63, 3.8) is 0 Å². The van der Waals surface area contributed by atoms with E-state index in [2.05, 4.69) is 5.32 Å². The summed E-state index contributed by atoms with van der Waals surface area (Å²) in [6.45, 7) is 1.14. The topological polar surface area (TPSA) is 88.1 Å². The van der Waals surface area contributed by atoms with E-state index in [1.54, 1.807) is 23.1 Å². The van der Waals surface area contributed by atoms with Gasteiger partial charge in [-0.05, 0) is 18.2 Å². The highest BCUT2D eigenvalue weighted by molar-refractivity contribution is 8.13. The Bertz CT molecular complexity index is 596. The molecule has 0 radical (unpaired) electrons. The van der Waals surface area contributed by atoms with Crippen LogP contribution in [0.2, 0.25) is 0 Å². The Morgan fingerprint density at radius 2 is 2.21 bits per heavy atom. The molecule has 0 spiro atoms. The highest BCUT2D eigenvalue weighted by atomic mass is 32.2. The van der Waals surface area contributed by atoms with Crippen LogP contribution in [0.1, 0.15) is 18.1 Å². The van der Waals surface area contributed by atoms with Crippen molar-refractivity contribution in [1.29, 1.82) is 0 Å². The molecule has 1 atom stereocenters. The number of carbonyl (C=O) groups excluding carboxylic acids is 2. The van der Waals surface area contributed by atoms with E-state index in [1.807, 2.05) is 0 Å². The number of carbonyl (C=O) groups is 2. The Kier molecular flexibility index (Phi) is 6.74. The molecule has 2 rings (SSSR count). The lowest BCUT2D eigenvalue weighted by molar-refractivity contribution is -0.121. The number of benzene rings is 1. The molecule has 7 nitrogen and oxygen atoms in total. The Labute approximate surface area is 145 Å². The number of thioether (sulfide) groups is 1. The van der Waals surface area contributed by atoms with Gasteiger partial charge in [-0.3, -0.25) is 9.59 Å². The van der Waals surface area contributed by atoms with Gasteiger partial charge in [0.1, 0.15) is 11.5 Å².